The van der Waals surface area contributed by atoms with Gasteiger partial charge in [-0.2, -0.15) is 13.2 Å². The summed E-state index contributed by atoms with van der Waals surface area (Å²) >= 11 is 0. The summed E-state index contributed by atoms with van der Waals surface area (Å²) in [7, 11) is 0. The first-order chi connectivity index (χ1) is 17.8. The molecule has 1 heterocycles. The fourth-order valence-corrected chi connectivity index (χ4v) is 5.47. The van der Waals surface area contributed by atoms with E-state index in [1.54, 1.807) is 5.56 Å². The molecule has 2 aromatic carbocycles. The van der Waals surface area contributed by atoms with Crippen LogP contribution in [0.25, 0.3) is 0 Å². The van der Waals surface area contributed by atoms with E-state index in [0.717, 1.165) is 35.9 Å². The highest BCUT2D eigenvalue weighted by molar-refractivity contribution is 5.46. The molecule has 0 unspecified atom stereocenters. The highest BCUT2D eigenvalue weighted by Gasteiger charge is 2.31. The van der Waals surface area contributed by atoms with Crippen LogP contribution in [-0.4, -0.2) is 30.4 Å². The molecule has 2 fully saturated rings. The second kappa shape index (κ2) is 15.8. The summed E-state index contributed by atoms with van der Waals surface area (Å²) in [6.45, 7) is 11.5. The number of piperidine rings is 1. The van der Waals surface area contributed by atoms with Crippen LogP contribution in [0.3, 0.4) is 0 Å². The Morgan fingerprint density at radius 3 is 2.08 bits per heavy atom. The molecular formula is C31H45F3N2O. The summed E-state index contributed by atoms with van der Waals surface area (Å²) in [5, 5.41) is 2.30. The number of benzene rings is 2. The van der Waals surface area contributed by atoms with Crippen molar-refractivity contribution in [2.45, 2.75) is 90.9 Å². The number of rotatable bonds is 6. The average Bonchev–Trinajstić information content (AvgIpc) is 2.94. The number of nitrogens with zero attached hydrogens (tertiary/aromatic N) is 1. The second-order valence-electron chi connectivity index (χ2n) is 10.2. The van der Waals surface area contributed by atoms with Crippen LogP contribution in [-0.2, 0) is 17.5 Å². The van der Waals surface area contributed by atoms with Crippen molar-refractivity contribution < 1.29 is 18.0 Å². The maximum absolute atomic E-state index is 12.2. The Balaban J connectivity index is 0.000000263. The number of nitrogens with one attached hydrogen (secondary N) is 1. The minimum atomic E-state index is -4.34. The largest absolute Gasteiger partial charge is 0.416 e. The van der Waals surface area contributed by atoms with Gasteiger partial charge in [-0.25, -0.2) is 0 Å². The van der Waals surface area contributed by atoms with Gasteiger partial charge in [0.1, 0.15) is 0 Å². The minimum absolute atomic E-state index is 0.105. The number of likely N-dealkylation sites (tertiary alicyclic amines) is 1. The fraction of sp³-hybridized carbons (Fsp3) is 0.581. The van der Waals surface area contributed by atoms with E-state index >= 15 is 0 Å². The number of amides is 1. The molecule has 206 valence electrons. The first-order valence-corrected chi connectivity index (χ1v) is 13.9. The lowest BCUT2D eigenvalue weighted by Crippen LogP contribution is -2.43. The van der Waals surface area contributed by atoms with E-state index in [1.807, 2.05) is 13.8 Å². The minimum Gasteiger partial charge on any atom is -0.355 e. The number of carbonyl (C=O) groups excluding carboxylic acids is 1. The molecule has 4 rings (SSSR count). The van der Waals surface area contributed by atoms with Crippen LogP contribution in [0.2, 0.25) is 0 Å². The quantitative estimate of drug-likeness (QED) is 0.392. The van der Waals surface area contributed by atoms with Gasteiger partial charge >= 0.3 is 6.18 Å². The third kappa shape index (κ3) is 10.1. The normalized spacial score (nSPS) is 20.8. The Morgan fingerprint density at radius 2 is 1.54 bits per heavy atom. The Bertz CT molecular complexity index is 885. The maximum atomic E-state index is 12.2. The van der Waals surface area contributed by atoms with Crippen molar-refractivity contribution in [1.29, 1.82) is 0 Å². The SMILES string of the molecule is CC.CC(C)C1CCC(N2CCC(c3ccccc3)CC2)CC1.O=CNCc1cccc(C(F)(F)F)c1. The zero-order valence-electron chi connectivity index (χ0n) is 22.9. The summed E-state index contributed by atoms with van der Waals surface area (Å²) in [6, 6.07) is 16.9. The summed E-state index contributed by atoms with van der Waals surface area (Å²) in [5.41, 5.74) is 1.27. The molecule has 1 aliphatic heterocycles. The highest BCUT2D eigenvalue weighted by atomic mass is 19.4. The molecule has 2 aromatic rings. The first-order valence-electron chi connectivity index (χ1n) is 13.9. The monoisotopic (exact) mass is 518 g/mol. The number of alkyl halides is 3. The van der Waals surface area contributed by atoms with E-state index in [9.17, 15) is 18.0 Å². The van der Waals surface area contributed by atoms with Gasteiger partial charge in [0.2, 0.25) is 6.41 Å². The van der Waals surface area contributed by atoms with E-state index in [2.05, 4.69) is 54.4 Å². The lowest BCUT2D eigenvalue weighted by atomic mass is 9.78. The van der Waals surface area contributed by atoms with Gasteiger partial charge in [-0.15, -0.1) is 0 Å². The van der Waals surface area contributed by atoms with Gasteiger partial charge in [0, 0.05) is 12.6 Å². The van der Waals surface area contributed by atoms with E-state index in [-0.39, 0.29) is 6.54 Å². The number of halogens is 3. The summed E-state index contributed by atoms with van der Waals surface area (Å²) in [6.07, 6.45) is 4.62. The maximum Gasteiger partial charge on any atom is 0.416 e. The van der Waals surface area contributed by atoms with E-state index in [1.165, 1.54) is 63.7 Å². The van der Waals surface area contributed by atoms with Crippen molar-refractivity contribution in [3.05, 3.63) is 71.3 Å². The van der Waals surface area contributed by atoms with Crippen LogP contribution < -0.4 is 5.32 Å². The van der Waals surface area contributed by atoms with Crippen molar-refractivity contribution >= 4 is 6.41 Å². The number of carbonyl (C=O) groups is 1. The lowest BCUT2D eigenvalue weighted by Gasteiger charge is -2.41. The fourth-order valence-electron chi connectivity index (χ4n) is 5.47. The van der Waals surface area contributed by atoms with E-state index < -0.39 is 11.7 Å². The van der Waals surface area contributed by atoms with Gasteiger partial charge < -0.3 is 10.2 Å². The first kappa shape index (κ1) is 30.9. The molecule has 0 spiro atoms. The van der Waals surface area contributed by atoms with Gasteiger partial charge in [-0.1, -0.05) is 70.2 Å². The predicted octanol–water partition coefficient (Wildman–Crippen LogP) is 8.06. The van der Waals surface area contributed by atoms with Crippen LogP contribution in [0.5, 0.6) is 0 Å². The van der Waals surface area contributed by atoms with Gasteiger partial charge in [0.05, 0.1) is 5.56 Å². The lowest BCUT2D eigenvalue weighted by molar-refractivity contribution is -0.137. The molecule has 1 saturated heterocycles. The van der Waals surface area contributed by atoms with Gasteiger partial charge in [0.25, 0.3) is 0 Å². The Morgan fingerprint density at radius 1 is 0.919 bits per heavy atom. The van der Waals surface area contributed by atoms with Crippen molar-refractivity contribution in [2.24, 2.45) is 11.8 Å². The molecule has 0 bridgehead atoms. The zero-order valence-corrected chi connectivity index (χ0v) is 22.9. The molecule has 3 nitrogen and oxygen atoms in total. The van der Waals surface area contributed by atoms with Crippen LogP contribution in [0, 0.1) is 11.8 Å². The molecule has 0 atom stereocenters. The second-order valence-corrected chi connectivity index (χ2v) is 10.2. The Labute approximate surface area is 221 Å². The van der Waals surface area contributed by atoms with Crippen molar-refractivity contribution in [1.82, 2.24) is 10.2 Å². The Hall–Kier alpha value is -2.34. The molecule has 37 heavy (non-hydrogen) atoms. The van der Waals surface area contributed by atoms with E-state index in [0.29, 0.717) is 12.0 Å². The molecule has 6 heteroatoms. The van der Waals surface area contributed by atoms with Gasteiger partial charge in [-0.3, -0.25) is 4.79 Å². The zero-order chi connectivity index (χ0) is 27.3. The van der Waals surface area contributed by atoms with Crippen molar-refractivity contribution in [2.75, 3.05) is 13.1 Å². The van der Waals surface area contributed by atoms with Crippen LogP contribution in [0.1, 0.15) is 88.8 Å². The molecular weight excluding hydrogens is 473 g/mol. The highest BCUT2D eigenvalue weighted by Crippen LogP contribution is 2.35. The van der Waals surface area contributed by atoms with Gasteiger partial charge in [0.15, 0.2) is 0 Å². The number of hydrogen-bond acceptors (Lipinski definition) is 2. The van der Waals surface area contributed by atoms with Gasteiger partial charge in [-0.05, 0) is 92.6 Å². The molecule has 0 aromatic heterocycles. The molecule has 2 aliphatic rings. The van der Waals surface area contributed by atoms with Crippen LogP contribution in [0.4, 0.5) is 13.2 Å². The predicted molar refractivity (Wildman–Crippen MR) is 146 cm³/mol. The van der Waals surface area contributed by atoms with Crippen LogP contribution in [0.15, 0.2) is 54.6 Å². The van der Waals surface area contributed by atoms with Crippen LogP contribution >= 0.6 is 0 Å². The van der Waals surface area contributed by atoms with E-state index in [4.69, 9.17) is 0 Å². The third-order valence-electron chi connectivity index (χ3n) is 7.64. The molecule has 1 aliphatic carbocycles. The standard InChI is InChI=1S/C20H31N.C9H8F3NO.C2H6/c1-16(2)17-8-10-20(11-9-17)21-14-12-19(13-15-21)18-6-4-3-5-7-18;10-9(11,12)8-3-1-2-7(4-8)5-13-6-14;1-2/h3-7,16-17,19-20H,8-15H2,1-2H3;1-4,6H,5H2,(H,13,14);1-2H3. The third-order valence-corrected chi connectivity index (χ3v) is 7.64. The van der Waals surface area contributed by atoms with Crippen molar-refractivity contribution in [3.63, 3.8) is 0 Å². The topological polar surface area (TPSA) is 32.3 Å². The molecule has 1 N–H and O–H groups in total. The average molecular weight is 519 g/mol. The summed E-state index contributed by atoms with van der Waals surface area (Å²) in [5.74, 6) is 2.67. The molecule has 1 saturated carbocycles. The van der Waals surface area contributed by atoms with Crippen molar-refractivity contribution in [3.8, 4) is 0 Å². The summed E-state index contributed by atoms with van der Waals surface area (Å²) in [4.78, 5) is 12.7. The number of hydrogen-bond donors (Lipinski definition) is 1. The smallest absolute Gasteiger partial charge is 0.355 e. The summed E-state index contributed by atoms with van der Waals surface area (Å²) < 4.78 is 36.6. The Kier molecular flexibility index (Phi) is 13.2. The molecule has 0 radical (unpaired) electrons. The molecule has 1 amide bonds.